The largest absolute Gasteiger partial charge is 0.489 e. The first-order chi connectivity index (χ1) is 14.3. The molecule has 3 rings (SSSR count). The van der Waals surface area contributed by atoms with Crippen molar-refractivity contribution in [1.29, 1.82) is 0 Å². The van der Waals surface area contributed by atoms with E-state index in [2.05, 4.69) is 10.5 Å². The van der Waals surface area contributed by atoms with Gasteiger partial charge < -0.3 is 14.6 Å². The molecular formula is C22H21F3N2O3. The Morgan fingerprint density at radius 1 is 1.10 bits per heavy atom. The zero-order valence-corrected chi connectivity index (χ0v) is 16.5. The van der Waals surface area contributed by atoms with E-state index >= 15 is 0 Å². The lowest BCUT2D eigenvalue weighted by atomic mass is 10.0. The number of ether oxygens (including phenoxy) is 1. The van der Waals surface area contributed by atoms with E-state index in [1.165, 1.54) is 12.1 Å². The summed E-state index contributed by atoms with van der Waals surface area (Å²) in [5.41, 5.74) is 1.49. The van der Waals surface area contributed by atoms with Crippen molar-refractivity contribution in [2.75, 3.05) is 6.54 Å². The van der Waals surface area contributed by atoms with Crippen molar-refractivity contribution < 1.29 is 27.2 Å². The van der Waals surface area contributed by atoms with Gasteiger partial charge in [0.2, 0.25) is 0 Å². The van der Waals surface area contributed by atoms with Gasteiger partial charge in [0, 0.05) is 12.1 Å². The van der Waals surface area contributed by atoms with Gasteiger partial charge >= 0.3 is 6.18 Å². The van der Waals surface area contributed by atoms with Crippen molar-refractivity contribution in [3.63, 3.8) is 0 Å². The summed E-state index contributed by atoms with van der Waals surface area (Å²) in [4.78, 5) is 12.3. The molecule has 0 aliphatic rings. The highest BCUT2D eigenvalue weighted by atomic mass is 19.4. The Labute approximate surface area is 171 Å². The molecule has 2 aromatic carbocycles. The van der Waals surface area contributed by atoms with E-state index in [1.807, 2.05) is 6.92 Å². The first-order valence-electron chi connectivity index (χ1n) is 9.33. The summed E-state index contributed by atoms with van der Waals surface area (Å²) >= 11 is 0. The minimum absolute atomic E-state index is 0.0834. The number of nitrogens with zero attached hydrogens (tertiary/aromatic N) is 1. The number of rotatable bonds is 7. The highest BCUT2D eigenvalue weighted by Crippen LogP contribution is 2.31. The van der Waals surface area contributed by atoms with Crippen LogP contribution < -0.4 is 10.1 Å². The zero-order valence-electron chi connectivity index (χ0n) is 16.5. The molecule has 0 saturated carbocycles. The summed E-state index contributed by atoms with van der Waals surface area (Å²) < 4.78 is 49.9. The standard InChI is InChI=1S/C22H21F3N2O3/c1-14-19(15(2)30-27-14)13-29-18-9-7-17(8-10-18)21(28)26-12-11-16-5-3-4-6-20(16)22(23,24)25/h3-10H,11-13H2,1-2H3,(H,26,28). The average molecular weight is 418 g/mol. The minimum Gasteiger partial charge on any atom is -0.489 e. The van der Waals surface area contributed by atoms with E-state index in [0.717, 1.165) is 17.3 Å². The molecule has 1 amide bonds. The number of carbonyl (C=O) groups excluding carboxylic acids is 1. The number of nitrogens with one attached hydrogen (secondary N) is 1. The molecule has 158 valence electrons. The molecule has 30 heavy (non-hydrogen) atoms. The Hall–Kier alpha value is -3.29. The summed E-state index contributed by atoms with van der Waals surface area (Å²) in [5, 5.41) is 6.51. The van der Waals surface area contributed by atoms with E-state index < -0.39 is 11.7 Å². The maximum atomic E-state index is 13.0. The van der Waals surface area contributed by atoms with Gasteiger partial charge in [-0.25, -0.2) is 0 Å². The van der Waals surface area contributed by atoms with Gasteiger partial charge in [0.1, 0.15) is 18.1 Å². The Balaban J connectivity index is 1.53. The zero-order chi connectivity index (χ0) is 21.7. The molecule has 0 aliphatic carbocycles. The normalized spacial score (nSPS) is 11.4. The third-order valence-electron chi connectivity index (χ3n) is 4.68. The van der Waals surface area contributed by atoms with Crippen molar-refractivity contribution in [3.05, 3.63) is 82.2 Å². The van der Waals surface area contributed by atoms with E-state index in [4.69, 9.17) is 9.26 Å². The van der Waals surface area contributed by atoms with Crippen LogP contribution in [0.3, 0.4) is 0 Å². The van der Waals surface area contributed by atoms with E-state index in [-0.39, 0.29) is 24.4 Å². The fourth-order valence-corrected chi connectivity index (χ4v) is 2.99. The summed E-state index contributed by atoms with van der Waals surface area (Å²) in [5.74, 6) is 0.901. The maximum Gasteiger partial charge on any atom is 0.416 e. The van der Waals surface area contributed by atoms with Gasteiger partial charge in [-0.3, -0.25) is 4.79 Å². The maximum absolute atomic E-state index is 13.0. The topological polar surface area (TPSA) is 64.4 Å². The van der Waals surface area contributed by atoms with Crippen LogP contribution in [0.4, 0.5) is 13.2 Å². The highest BCUT2D eigenvalue weighted by Gasteiger charge is 2.32. The minimum atomic E-state index is -4.42. The molecule has 1 aromatic heterocycles. The van der Waals surface area contributed by atoms with Gasteiger partial charge in [0.05, 0.1) is 16.8 Å². The Kier molecular flexibility index (Phi) is 6.44. The Morgan fingerprint density at radius 2 is 1.80 bits per heavy atom. The smallest absolute Gasteiger partial charge is 0.416 e. The highest BCUT2D eigenvalue weighted by molar-refractivity contribution is 5.94. The lowest BCUT2D eigenvalue weighted by Gasteiger charge is -2.13. The van der Waals surface area contributed by atoms with E-state index in [1.54, 1.807) is 37.3 Å². The molecule has 0 radical (unpaired) electrons. The quantitative estimate of drug-likeness (QED) is 0.595. The van der Waals surface area contributed by atoms with Crippen LogP contribution >= 0.6 is 0 Å². The number of carbonyl (C=O) groups is 1. The molecule has 3 aromatic rings. The van der Waals surface area contributed by atoms with Crippen LogP contribution in [0, 0.1) is 13.8 Å². The second kappa shape index (κ2) is 9.02. The fourth-order valence-electron chi connectivity index (χ4n) is 2.99. The predicted octanol–water partition coefficient (Wildman–Crippen LogP) is 4.86. The van der Waals surface area contributed by atoms with Gasteiger partial charge in [-0.1, -0.05) is 23.4 Å². The molecule has 0 fully saturated rings. The first kappa shape index (κ1) is 21.4. The number of benzene rings is 2. The monoisotopic (exact) mass is 418 g/mol. The van der Waals surface area contributed by atoms with Gasteiger partial charge in [-0.2, -0.15) is 13.2 Å². The van der Waals surface area contributed by atoms with Gasteiger partial charge in [0.15, 0.2) is 0 Å². The van der Waals surface area contributed by atoms with Gasteiger partial charge in [-0.15, -0.1) is 0 Å². The molecule has 0 spiro atoms. The molecule has 0 unspecified atom stereocenters. The molecule has 0 bridgehead atoms. The molecule has 1 heterocycles. The Bertz CT molecular complexity index is 992. The van der Waals surface area contributed by atoms with Crippen LogP contribution in [0.1, 0.15) is 38.5 Å². The lowest BCUT2D eigenvalue weighted by molar-refractivity contribution is -0.138. The van der Waals surface area contributed by atoms with Crippen LogP contribution in [-0.4, -0.2) is 17.6 Å². The average Bonchev–Trinajstić information content (AvgIpc) is 3.04. The van der Waals surface area contributed by atoms with Crippen LogP contribution in [0.2, 0.25) is 0 Å². The molecule has 5 nitrogen and oxygen atoms in total. The second-order valence-electron chi connectivity index (χ2n) is 6.78. The molecule has 8 heteroatoms. The van der Waals surface area contributed by atoms with Crippen LogP contribution in [0.25, 0.3) is 0 Å². The summed E-state index contributed by atoms with van der Waals surface area (Å²) in [7, 11) is 0. The second-order valence-corrected chi connectivity index (χ2v) is 6.78. The number of hydrogen-bond acceptors (Lipinski definition) is 4. The number of aromatic nitrogens is 1. The molecule has 0 atom stereocenters. The molecule has 0 saturated heterocycles. The van der Waals surface area contributed by atoms with Crippen molar-refractivity contribution in [2.45, 2.75) is 33.1 Å². The van der Waals surface area contributed by atoms with Gasteiger partial charge in [0.25, 0.3) is 5.91 Å². The van der Waals surface area contributed by atoms with Crippen molar-refractivity contribution in [3.8, 4) is 5.75 Å². The Morgan fingerprint density at radius 3 is 2.43 bits per heavy atom. The van der Waals surface area contributed by atoms with Crippen molar-refractivity contribution >= 4 is 5.91 Å². The molecule has 1 N–H and O–H groups in total. The number of amides is 1. The molecule has 0 aliphatic heterocycles. The van der Waals surface area contributed by atoms with Crippen LogP contribution in [0.5, 0.6) is 5.75 Å². The van der Waals surface area contributed by atoms with Crippen molar-refractivity contribution in [1.82, 2.24) is 10.5 Å². The van der Waals surface area contributed by atoms with Crippen LogP contribution in [0.15, 0.2) is 53.1 Å². The number of halogens is 3. The predicted molar refractivity (Wildman–Crippen MR) is 104 cm³/mol. The summed E-state index contributed by atoms with van der Waals surface area (Å²) in [6.07, 6.45) is -4.33. The summed E-state index contributed by atoms with van der Waals surface area (Å²) in [6.45, 7) is 4.02. The third kappa shape index (κ3) is 5.20. The van der Waals surface area contributed by atoms with Crippen molar-refractivity contribution in [2.24, 2.45) is 0 Å². The number of aryl methyl sites for hydroxylation is 2. The fraction of sp³-hybridized carbons (Fsp3) is 0.273. The number of hydrogen-bond donors (Lipinski definition) is 1. The van der Waals surface area contributed by atoms with E-state index in [9.17, 15) is 18.0 Å². The van der Waals surface area contributed by atoms with Crippen LogP contribution in [-0.2, 0) is 19.2 Å². The summed E-state index contributed by atoms with van der Waals surface area (Å²) in [6, 6.07) is 11.9. The van der Waals surface area contributed by atoms with E-state index in [0.29, 0.717) is 23.7 Å². The van der Waals surface area contributed by atoms with Gasteiger partial charge in [-0.05, 0) is 56.2 Å². The molecular weight excluding hydrogens is 397 g/mol. The third-order valence-corrected chi connectivity index (χ3v) is 4.68. The number of alkyl halides is 3. The first-order valence-corrected chi connectivity index (χ1v) is 9.33. The lowest BCUT2D eigenvalue weighted by Crippen LogP contribution is -2.26. The SMILES string of the molecule is Cc1noc(C)c1COc1ccc(C(=O)NCCc2ccccc2C(F)(F)F)cc1.